The van der Waals surface area contributed by atoms with E-state index in [-0.39, 0.29) is 5.57 Å². The number of nitrogens with zero attached hydrogens (tertiary/aromatic N) is 2. The van der Waals surface area contributed by atoms with Crippen LogP contribution >= 0.6 is 0 Å². The molecule has 0 saturated heterocycles. The predicted octanol–water partition coefficient (Wildman–Crippen LogP) is 5.59. The summed E-state index contributed by atoms with van der Waals surface area (Å²) in [4.78, 5) is 30.6. The molecule has 1 amide bonds. The molecule has 3 aromatic rings. The van der Waals surface area contributed by atoms with E-state index in [1.54, 1.807) is 30.2 Å². The molecule has 0 aliphatic carbocycles. The number of carbonyl (C=O) groups is 2. The Morgan fingerprint density at radius 3 is 2.30 bits per heavy atom. The lowest BCUT2D eigenvalue weighted by Crippen LogP contribution is -2.38. The Hall–Kier alpha value is -4.36. The number of ether oxygens (including phenoxy) is 2. The van der Waals surface area contributed by atoms with Gasteiger partial charge in [-0.1, -0.05) is 86.7 Å². The lowest BCUT2D eigenvalue weighted by molar-refractivity contribution is -0.129. The third-order valence-electron chi connectivity index (χ3n) is 7.09. The Labute approximate surface area is 235 Å². The van der Waals surface area contributed by atoms with Crippen molar-refractivity contribution in [3.63, 3.8) is 0 Å². The van der Waals surface area contributed by atoms with Gasteiger partial charge in [0.1, 0.15) is 6.61 Å². The van der Waals surface area contributed by atoms with Gasteiger partial charge in [0, 0.05) is 13.1 Å². The molecule has 1 heterocycles. The van der Waals surface area contributed by atoms with E-state index in [2.05, 4.69) is 18.7 Å². The second-order valence-electron chi connectivity index (χ2n) is 9.48. The molecule has 0 radical (unpaired) electrons. The maximum absolute atomic E-state index is 13.5. The minimum atomic E-state index is -0.770. The van der Waals surface area contributed by atoms with E-state index in [0.717, 1.165) is 24.2 Å². The third-order valence-corrected chi connectivity index (χ3v) is 7.09. The van der Waals surface area contributed by atoms with Crippen molar-refractivity contribution in [2.24, 2.45) is 0 Å². The number of hydrogen-bond donors (Lipinski definition) is 1. The highest BCUT2D eigenvalue weighted by molar-refractivity contribution is 6.14. The highest BCUT2D eigenvalue weighted by Crippen LogP contribution is 2.41. The van der Waals surface area contributed by atoms with Crippen molar-refractivity contribution < 1.29 is 24.2 Å². The van der Waals surface area contributed by atoms with Crippen LogP contribution in [0.3, 0.4) is 0 Å². The van der Waals surface area contributed by atoms with Gasteiger partial charge in [-0.15, -0.1) is 0 Å². The number of rotatable bonds is 13. The van der Waals surface area contributed by atoms with E-state index in [1.165, 1.54) is 6.08 Å². The molecule has 1 aliphatic rings. The summed E-state index contributed by atoms with van der Waals surface area (Å²) in [5.41, 5.74) is 2.56. The second kappa shape index (κ2) is 13.6. The summed E-state index contributed by atoms with van der Waals surface area (Å²) >= 11 is 0. The number of allylic oxidation sites excluding steroid dienone is 1. The molecule has 0 fully saturated rings. The van der Waals surface area contributed by atoms with Crippen molar-refractivity contribution in [2.75, 3.05) is 33.3 Å². The SMILES string of the molecule is CCN(CC)CCN1C(=O)C(O)=C(C(=O)/C=C/c2ccccc2)C1c1ccc(OCc2ccccc2)c(OC)c1. The minimum absolute atomic E-state index is 0.0525. The fraction of sp³-hybridized carbons (Fsp3) is 0.273. The molecule has 7 heteroatoms. The smallest absolute Gasteiger partial charge is 0.290 e. The number of benzene rings is 3. The highest BCUT2D eigenvalue weighted by Gasteiger charge is 2.43. The van der Waals surface area contributed by atoms with Crippen molar-refractivity contribution in [1.29, 1.82) is 0 Å². The van der Waals surface area contributed by atoms with Crippen molar-refractivity contribution in [3.05, 3.63) is 113 Å². The lowest BCUT2D eigenvalue weighted by Gasteiger charge is -2.29. The Bertz CT molecular complexity index is 1360. The molecular weight excluding hydrogens is 504 g/mol. The molecular formula is C33H36N2O5. The van der Waals surface area contributed by atoms with Crippen LogP contribution in [0, 0.1) is 0 Å². The number of methoxy groups -OCH3 is 1. The van der Waals surface area contributed by atoms with Gasteiger partial charge in [0.15, 0.2) is 23.0 Å². The number of aliphatic hydroxyl groups is 1. The molecule has 0 aromatic heterocycles. The predicted molar refractivity (Wildman–Crippen MR) is 156 cm³/mol. The minimum Gasteiger partial charge on any atom is -0.503 e. The van der Waals surface area contributed by atoms with E-state index in [1.807, 2.05) is 66.7 Å². The first-order chi connectivity index (χ1) is 19.5. The average molecular weight is 541 g/mol. The summed E-state index contributed by atoms with van der Waals surface area (Å²) < 4.78 is 11.7. The first-order valence-electron chi connectivity index (χ1n) is 13.5. The topological polar surface area (TPSA) is 79.3 Å². The molecule has 40 heavy (non-hydrogen) atoms. The number of aliphatic hydroxyl groups excluding tert-OH is 1. The molecule has 0 saturated carbocycles. The maximum atomic E-state index is 13.5. The molecule has 0 spiro atoms. The molecule has 4 rings (SSSR count). The summed E-state index contributed by atoms with van der Waals surface area (Å²) in [7, 11) is 1.55. The fourth-order valence-corrected chi connectivity index (χ4v) is 4.81. The van der Waals surface area contributed by atoms with Gasteiger partial charge in [-0.3, -0.25) is 9.59 Å². The highest BCUT2D eigenvalue weighted by atomic mass is 16.5. The third kappa shape index (κ3) is 6.61. The zero-order valence-corrected chi connectivity index (χ0v) is 23.2. The fourth-order valence-electron chi connectivity index (χ4n) is 4.81. The van der Waals surface area contributed by atoms with Crippen molar-refractivity contribution >= 4 is 17.8 Å². The Morgan fingerprint density at radius 2 is 1.65 bits per heavy atom. The first kappa shape index (κ1) is 28.6. The Kier molecular flexibility index (Phi) is 9.76. The first-order valence-corrected chi connectivity index (χ1v) is 13.5. The molecule has 3 aromatic carbocycles. The molecule has 1 atom stereocenters. The van der Waals surface area contributed by atoms with Gasteiger partial charge in [0.25, 0.3) is 5.91 Å². The van der Waals surface area contributed by atoms with Gasteiger partial charge in [0.05, 0.1) is 18.7 Å². The van der Waals surface area contributed by atoms with E-state index in [0.29, 0.717) is 36.8 Å². The van der Waals surface area contributed by atoms with Crippen LogP contribution in [-0.2, 0) is 16.2 Å². The van der Waals surface area contributed by atoms with Crippen molar-refractivity contribution in [3.8, 4) is 11.5 Å². The van der Waals surface area contributed by atoms with Gasteiger partial charge in [-0.2, -0.15) is 0 Å². The maximum Gasteiger partial charge on any atom is 0.290 e. The van der Waals surface area contributed by atoms with E-state index in [4.69, 9.17) is 9.47 Å². The van der Waals surface area contributed by atoms with Gasteiger partial charge in [-0.25, -0.2) is 0 Å². The van der Waals surface area contributed by atoms with Crippen LogP contribution in [0.5, 0.6) is 11.5 Å². The summed E-state index contributed by atoms with van der Waals surface area (Å²) in [6.07, 6.45) is 3.09. The van der Waals surface area contributed by atoms with Gasteiger partial charge < -0.3 is 24.4 Å². The number of hydrogen-bond acceptors (Lipinski definition) is 6. The molecule has 1 aliphatic heterocycles. The van der Waals surface area contributed by atoms with Gasteiger partial charge >= 0.3 is 0 Å². The molecule has 7 nitrogen and oxygen atoms in total. The Morgan fingerprint density at radius 1 is 0.975 bits per heavy atom. The van der Waals surface area contributed by atoms with Gasteiger partial charge in [0.2, 0.25) is 0 Å². The van der Waals surface area contributed by atoms with Gasteiger partial charge in [-0.05, 0) is 48.0 Å². The van der Waals surface area contributed by atoms with E-state index in [9.17, 15) is 14.7 Å². The number of carbonyl (C=O) groups excluding carboxylic acids is 2. The number of amides is 1. The summed E-state index contributed by atoms with van der Waals surface area (Å²) in [5.74, 6) is -0.484. The largest absolute Gasteiger partial charge is 0.503 e. The monoisotopic (exact) mass is 540 g/mol. The van der Waals surface area contributed by atoms with Crippen LogP contribution in [-0.4, -0.2) is 59.9 Å². The normalized spacial score (nSPS) is 15.3. The van der Waals surface area contributed by atoms with Crippen molar-refractivity contribution in [1.82, 2.24) is 9.80 Å². The second-order valence-corrected chi connectivity index (χ2v) is 9.48. The quantitative estimate of drug-likeness (QED) is 0.285. The molecule has 1 unspecified atom stereocenters. The standard InChI is InChI=1S/C33H36N2O5/c1-4-34(5-2)20-21-35-31(30(32(37)33(35)38)27(36)18-16-24-12-8-6-9-13-24)26-17-19-28(29(22-26)39-3)40-23-25-14-10-7-11-15-25/h6-19,22,31,37H,4-5,20-21,23H2,1-3H3/b18-16+. The van der Waals surface area contributed by atoms with Crippen LogP contribution in [0.4, 0.5) is 0 Å². The zero-order chi connectivity index (χ0) is 28.5. The van der Waals surface area contributed by atoms with Crippen LogP contribution in [0.15, 0.2) is 96.3 Å². The number of likely N-dealkylation sites (N-methyl/N-ethyl adjacent to an activating group) is 1. The van der Waals surface area contributed by atoms with E-state index >= 15 is 0 Å². The summed E-state index contributed by atoms with van der Waals surface area (Å²) in [6.45, 7) is 7.10. The number of ketones is 1. The molecule has 208 valence electrons. The lowest BCUT2D eigenvalue weighted by atomic mass is 9.95. The molecule has 0 bridgehead atoms. The Balaban J connectivity index is 1.67. The van der Waals surface area contributed by atoms with Crippen LogP contribution < -0.4 is 9.47 Å². The average Bonchev–Trinajstić information content (AvgIpc) is 3.25. The molecule has 1 N–H and O–H groups in total. The zero-order valence-electron chi connectivity index (χ0n) is 23.2. The van der Waals surface area contributed by atoms with Crippen LogP contribution in [0.2, 0.25) is 0 Å². The van der Waals surface area contributed by atoms with Crippen molar-refractivity contribution in [2.45, 2.75) is 26.5 Å². The van der Waals surface area contributed by atoms with Crippen LogP contribution in [0.1, 0.15) is 36.6 Å². The van der Waals surface area contributed by atoms with E-state index < -0.39 is 23.5 Å². The summed E-state index contributed by atoms with van der Waals surface area (Å²) in [5, 5.41) is 11.0. The van der Waals surface area contributed by atoms with Crippen LogP contribution in [0.25, 0.3) is 6.08 Å². The summed E-state index contributed by atoms with van der Waals surface area (Å²) in [6, 6.07) is 23.8.